The fourth-order valence-corrected chi connectivity index (χ4v) is 1.56. The zero-order valence-electron chi connectivity index (χ0n) is 12.7. The lowest BCUT2D eigenvalue weighted by atomic mass is 10.1. The summed E-state index contributed by atoms with van der Waals surface area (Å²) in [5, 5.41) is 11.1. The Bertz CT molecular complexity index is 542. The molecule has 0 fully saturated rings. The Morgan fingerprint density at radius 1 is 1.14 bits per heavy atom. The molecule has 1 aromatic carbocycles. The van der Waals surface area contributed by atoms with Crippen molar-refractivity contribution >= 4 is 18.0 Å². The summed E-state index contributed by atoms with van der Waals surface area (Å²) in [6.45, 7) is -0.109. The maximum atomic E-state index is 11.7. The SMILES string of the molecule is CN(C)C(=O)N(C)C(=O)NCOc1ccc(CC(=O)O)cc1. The van der Waals surface area contributed by atoms with Crippen LogP contribution in [-0.4, -0.2) is 60.8 Å². The van der Waals surface area contributed by atoms with Crippen molar-refractivity contribution in [3.05, 3.63) is 29.8 Å². The molecule has 0 aliphatic heterocycles. The Balaban J connectivity index is 2.42. The number of nitrogens with one attached hydrogen (secondary N) is 1. The van der Waals surface area contributed by atoms with Gasteiger partial charge in [0.15, 0.2) is 6.73 Å². The van der Waals surface area contributed by atoms with Gasteiger partial charge in [0.1, 0.15) is 5.75 Å². The standard InChI is InChI=1S/C14H19N3O5/c1-16(2)14(21)17(3)13(20)15-9-22-11-6-4-10(5-7-11)8-12(18)19/h4-7H,8-9H2,1-3H3,(H,15,20)(H,18,19). The minimum Gasteiger partial charge on any atom is -0.481 e. The van der Waals surface area contributed by atoms with Crippen LogP contribution in [0, 0.1) is 0 Å². The van der Waals surface area contributed by atoms with Crippen molar-refractivity contribution in [2.24, 2.45) is 0 Å². The largest absolute Gasteiger partial charge is 0.481 e. The zero-order valence-corrected chi connectivity index (χ0v) is 12.7. The highest BCUT2D eigenvalue weighted by Gasteiger charge is 2.17. The lowest BCUT2D eigenvalue weighted by molar-refractivity contribution is -0.136. The van der Waals surface area contributed by atoms with Crippen LogP contribution in [0.3, 0.4) is 0 Å². The van der Waals surface area contributed by atoms with Crippen molar-refractivity contribution in [3.8, 4) is 5.75 Å². The van der Waals surface area contributed by atoms with Gasteiger partial charge in [-0.1, -0.05) is 12.1 Å². The smallest absolute Gasteiger partial charge is 0.327 e. The number of carboxylic acid groups (broad SMARTS) is 1. The van der Waals surface area contributed by atoms with Gasteiger partial charge in [-0.15, -0.1) is 0 Å². The number of amides is 4. The average molecular weight is 309 g/mol. The minimum atomic E-state index is -0.908. The normalized spacial score (nSPS) is 9.77. The Morgan fingerprint density at radius 3 is 2.23 bits per heavy atom. The number of imide groups is 1. The number of carbonyl (C=O) groups excluding carboxylic acids is 2. The molecule has 0 unspecified atom stereocenters. The van der Waals surface area contributed by atoms with E-state index in [2.05, 4.69) is 5.32 Å². The van der Waals surface area contributed by atoms with E-state index in [1.54, 1.807) is 38.4 Å². The number of hydrogen-bond acceptors (Lipinski definition) is 4. The maximum absolute atomic E-state index is 11.7. The highest BCUT2D eigenvalue weighted by Crippen LogP contribution is 2.12. The van der Waals surface area contributed by atoms with E-state index in [4.69, 9.17) is 9.84 Å². The maximum Gasteiger partial charge on any atom is 0.327 e. The van der Waals surface area contributed by atoms with Crippen LogP contribution in [0.1, 0.15) is 5.56 Å². The zero-order chi connectivity index (χ0) is 16.7. The average Bonchev–Trinajstić information content (AvgIpc) is 2.46. The summed E-state index contributed by atoms with van der Waals surface area (Å²) < 4.78 is 5.30. The first-order valence-electron chi connectivity index (χ1n) is 6.47. The molecular weight excluding hydrogens is 290 g/mol. The van der Waals surface area contributed by atoms with Gasteiger partial charge < -0.3 is 20.1 Å². The van der Waals surface area contributed by atoms with E-state index in [9.17, 15) is 14.4 Å². The molecule has 0 spiro atoms. The van der Waals surface area contributed by atoms with Crippen LogP contribution >= 0.6 is 0 Å². The monoisotopic (exact) mass is 309 g/mol. The molecule has 120 valence electrons. The molecule has 4 amide bonds. The fourth-order valence-electron chi connectivity index (χ4n) is 1.56. The van der Waals surface area contributed by atoms with Crippen LogP contribution in [0.5, 0.6) is 5.75 Å². The first-order chi connectivity index (χ1) is 10.3. The number of nitrogens with zero attached hydrogens (tertiary/aromatic N) is 2. The van der Waals surface area contributed by atoms with Crippen molar-refractivity contribution in [3.63, 3.8) is 0 Å². The second-order valence-electron chi connectivity index (χ2n) is 4.72. The second kappa shape index (κ2) is 7.87. The third-order valence-electron chi connectivity index (χ3n) is 2.72. The fraction of sp³-hybridized carbons (Fsp3) is 0.357. The molecule has 8 nitrogen and oxygen atoms in total. The Labute approximate surface area is 128 Å². The Kier molecular flexibility index (Phi) is 6.18. The molecule has 2 N–H and O–H groups in total. The first-order valence-corrected chi connectivity index (χ1v) is 6.47. The van der Waals surface area contributed by atoms with E-state index in [-0.39, 0.29) is 13.2 Å². The molecule has 22 heavy (non-hydrogen) atoms. The second-order valence-corrected chi connectivity index (χ2v) is 4.72. The van der Waals surface area contributed by atoms with Crippen molar-refractivity contribution in [2.75, 3.05) is 27.9 Å². The Morgan fingerprint density at radius 2 is 1.73 bits per heavy atom. The number of rotatable bonds is 5. The number of carboxylic acids is 1. The third-order valence-corrected chi connectivity index (χ3v) is 2.72. The van der Waals surface area contributed by atoms with Crippen molar-refractivity contribution in [2.45, 2.75) is 6.42 Å². The van der Waals surface area contributed by atoms with Gasteiger partial charge in [0.25, 0.3) is 0 Å². The summed E-state index contributed by atoms with van der Waals surface area (Å²) in [6.07, 6.45) is -0.0611. The summed E-state index contributed by atoms with van der Waals surface area (Å²) in [4.78, 5) is 36.0. The summed E-state index contributed by atoms with van der Waals surface area (Å²) in [7, 11) is 4.45. The lowest BCUT2D eigenvalue weighted by Gasteiger charge is -2.20. The summed E-state index contributed by atoms with van der Waals surface area (Å²) >= 11 is 0. The molecule has 0 aromatic heterocycles. The molecule has 0 aliphatic carbocycles. The molecule has 0 radical (unpaired) electrons. The summed E-state index contributed by atoms with van der Waals surface area (Å²) in [5.74, 6) is -0.425. The highest BCUT2D eigenvalue weighted by atomic mass is 16.5. The van der Waals surface area contributed by atoms with E-state index < -0.39 is 18.0 Å². The highest BCUT2D eigenvalue weighted by molar-refractivity contribution is 5.92. The van der Waals surface area contributed by atoms with Crippen LogP contribution < -0.4 is 10.1 Å². The lowest BCUT2D eigenvalue weighted by Crippen LogP contribution is -2.46. The van der Waals surface area contributed by atoms with Crippen molar-refractivity contribution < 1.29 is 24.2 Å². The van der Waals surface area contributed by atoms with Gasteiger partial charge in [0, 0.05) is 21.1 Å². The molecule has 0 saturated carbocycles. The molecular formula is C14H19N3O5. The molecule has 0 heterocycles. The van der Waals surface area contributed by atoms with Crippen molar-refractivity contribution in [1.29, 1.82) is 0 Å². The molecule has 0 saturated heterocycles. The van der Waals surface area contributed by atoms with Gasteiger partial charge in [0.2, 0.25) is 0 Å². The summed E-state index contributed by atoms with van der Waals surface area (Å²) in [6, 6.07) is 5.45. The van der Waals surface area contributed by atoms with E-state index >= 15 is 0 Å². The summed E-state index contributed by atoms with van der Waals surface area (Å²) in [5.41, 5.74) is 0.653. The molecule has 1 aromatic rings. The molecule has 1 rings (SSSR count). The number of hydrogen-bond donors (Lipinski definition) is 2. The molecule has 0 aliphatic rings. The number of benzene rings is 1. The number of urea groups is 2. The van der Waals surface area contributed by atoms with E-state index in [1.807, 2.05) is 0 Å². The van der Waals surface area contributed by atoms with Gasteiger partial charge in [0.05, 0.1) is 6.42 Å². The first kappa shape index (κ1) is 17.3. The van der Waals surface area contributed by atoms with Crippen LogP contribution in [0.4, 0.5) is 9.59 Å². The van der Waals surface area contributed by atoms with Gasteiger partial charge in [-0.2, -0.15) is 0 Å². The van der Waals surface area contributed by atoms with Crippen LogP contribution in [0.25, 0.3) is 0 Å². The number of carbonyl (C=O) groups is 3. The molecule has 8 heteroatoms. The van der Waals surface area contributed by atoms with E-state index in [0.29, 0.717) is 11.3 Å². The van der Waals surface area contributed by atoms with Crippen LogP contribution in [-0.2, 0) is 11.2 Å². The van der Waals surface area contributed by atoms with E-state index in [0.717, 1.165) is 4.90 Å². The topological polar surface area (TPSA) is 99.2 Å². The van der Waals surface area contributed by atoms with Gasteiger partial charge in [-0.25, -0.2) is 14.5 Å². The van der Waals surface area contributed by atoms with E-state index in [1.165, 1.54) is 11.9 Å². The van der Waals surface area contributed by atoms with Gasteiger partial charge in [-0.3, -0.25) is 4.79 Å². The number of ether oxygens (including phenoxy) is 1. The van der Waals surface area contributed by atoms with Crippen LogP contribution in [0.15, 0.2) is 24.3 Å². The number of aliphatic carboxylic acids is 1. The van der Waals surface area contributed by atoms with Gasteiger partial charge >= 0.3 is 18.0 Å². The van der Waals surface area contributed by atoms with Crippen molar-refractivity contribution in [1.82, 2.24) is 15.1 Å². The molecule has 0 atom stereocenters. The molecule has 0 bridgehead atoms. The third kappa shape index (κ3) is 5.31. The Hall–Kier alpha value is -2.77. The quantitative estimate of drug-likeness (QED) is 0.790. The van der Waals surface area contributed by atoms with Crippen LogP contribution in [0.2, 0.25) is 0 Å². The van der Waals surface area contributed by atoms with Gasteiger partial charge in [-0.05, 0) is 17.7 Å². The predicted octanol–water partition coefficient (Wildman–Crippen LogP) is 0.973. The minimum absolute atomic E-state index is 0.0611. The predicted molar refractivity (Wildman–Crippen MR) is 78.7 cm³/mol.